The predicted molar refractivity (Wildman–Crippen MR) is 46.3 cm³/mol. The predicted octanol–water partition coefficient (Wildman–Crippen LogP) is -2.92. The first-order chi connectivity index (χ1) is 4.30. The fourth-order valence-electron chi connectivity index (χ4n) is 0.782. The number of halogens is 1. The monoisotopic (exact) mass is 459 g/mol. The molecule has 0 amide bonds. The van der Waals surface area contributed by atoms with E-state index < -0.39 is 0 Å². The summed E-state index contributed by atoms with van der Waals surface area (Å²) in [6.07, 6.45) is 0. The Labute approximate surface area is 105 Å². The van der Waals surface area contributed by atoms with Gasteiger partial charge in [-0.3, -0.25) is 0 Å². The topological polar surface area (TPSA) is 27.6 Å². The van der Waals surface area contributed by atoms with Crippen LogP contribution in [-0.2, 0) is 0 Å². The zero-order chi connectivity index (χ0) is 6.69. The molecule has 1 nitrogen and oxygen atoms in total. The van der Waals surface area contributed by atoms with Crippen LogP contribution in [0.1, 0.15) is 18.5 Å². The Balaban J connectivity index is 0. The van der Waals surface area contributed by atoms with E-state index in [-0.39, 0.29) is 51.3 Å². The molecule has 11 heavy (non-hydrogen) atoms. The van der Waals surface area contributed by atoms with Crippen LogP contribution < -0.4 is 29.7 Å². The Hall–Kier alpha value is 0.832. The molecule has 0 spiro atoms. The van der Waals surface area contributed by atoms with Gasteiger partial charge in [0.1, 0.15) is 6.04 Å². The Morgan fingerprint density at radius 3 is 1.91 bits per heavy atom. The van der Waals surface area contributed by atoms with E-state index in [2.05, 4.69) is 24.8 Å². The van der Waals surface area contributed by atoms with Crippen molar-refractivity contribution in [1.82, 2.24) is 0 Å². The van der Waals surface area contributed by atoms with Crippen molar-refractivity contribution in [3.63, 3.8) is 0 Å². The molecule has 0 saturated carbocycles. The van der Waals surface area contributed by atoms with Crippen molar-refractivity contribution in [2.45, 2.75) is 13.0 Å². The maximum absolute atomic E-state index is 3.91. The number of quaternary nitrogens is 1. The molecule has 3 N–H and O–H groups in total. The SMILES string of the molecule is CC([NH3+])c1ccccc1.[I-].[PbH2]. The van der Waals surface area contributed by atoms with E-state index in [1.54, 1.807) is 0 Å². The molecule has 1 unspecified atom stereocenters. The van der Waals surface area contributed by atoms with Crippen LogP contribution in [0, 0.1) is 0 Å². The summed E-state index contributed by atoms with van der Waals surface area (Å²) in [5.41, 5.74) is 5.21. The van der Waals surface area contributed by atoms with E-state index in [0.717, 1.165) is 0 Å². The zero-order valence-electron chi connectivity index (χ0n) is 6.76. The molecule has 0 saturated heterocycles. The van der Waals surface area contributed by atoms with Gasteiger partial charge in [-0.1, -0.05) is 30.3 Å². The second-order valence-electron chi connectivity index (χ2n) is 2.31. The van der Waals surface area contributed by atoms with E-state index in [1.165, 1.54) is 5.56 Å². The first-order valence-electron chi connectivity index (χ1n) is 3.18. The fourth-order valence-corrected chi connectivity index (χ4v) is 0.782. The van der Waals surface area contributed by atoms with Crippen molar-refractivity contribution < 1.29 is 29.7 Å². The summed E-state index contributed by atoms with van der Waals surface area (Å²) >= 11 is 0. The quantitative estimate of drug-likeness (QED) is 0.345. The van der Waals surface area contributed by atoms with E-state index in [4.69, 9.17) is 0 Å². The van der Waals surface area contributed by atoms with Crippen molar-refractivity contribution in [3.05, 3.63) is 35.9 Å². The van der Waals surface area contributed by atoms with Gasteiger partial charge in [0.05, 0.1) is 0 Å². The Morgan fingerprint density at radius 2 is 1.64 bits per heavy atom. The summed E-state index contributed by atoms with van der Waals surface area (Å²) in [5, 5.41) is 0. The third kappa shape index (κ3) is 5.13. The van der Waals surface area contributed by atoms with E-state index in [1.807, 2.05) is 18.2 Å². The van der Waals surface area contributed by atoms with Crippen LogP contribution in [0.2, 0.25) is 0 Å². The van der Waals surface area contributed by atoms with Gasteiger partial charge in [0.25, 0.3) is 0 Å². The molecule has 2 radical (unpaired) electrons. The summed E-state index contributed by atoms with van der Waals surface area (Å²) < 4.78 is 0. The van der Waals surface area contributed by atoms with Crippen molar-refractivity contribution >= 4 is 27.3 Å². The van der Waals surface area contributed by atoms with Crippen LogP contribution in [0.25, 0.3) is 0 Å². The van der Waals surface area contributed by atoms with E-state index >= 15 is 0 Å². The molecule has 0 aromatic heterocycles. The van der Waals surface area contributed by atoms with Crippen LogP contribution in [-0.4, -0.2) is 27.3 Å². The van der Waals surface area contributed by atoms with Gasteiger partial charge in [-0.2, -0.15) is 0 Å². The number of benzene rings is 1. The third-order valence-electron chi connectivity index (χ3n) is 1.37. The standard InChI is InChI=1S/C8H11N.HI.Pb.2H/c1-7(9)8-5-3-2-4-6-8;;;;/h2-7H,9H2,1H3;1H;;;. The zero-order valence-corrected chi connectivity index (χ0v) is 14.4. The average molecular weight is 458 g/mol. The Kier molecular flexibility index (Phi) is 9.77. The van der Waals surface area contributed by atoms with Crippen LogP contribution in [0.15, 0.2) is 30.3 Å². The second-order valence-corrected chi connectivity index (χ2v) is 2.31. The maximum atomic E-state index is 3.91. The molecule has 1 aromatic rings. The van der Waals surface area contributed by atoms with Crippen LogP contribution in [0.3, 0.4) is 0 Å². The van der Waals surface area contributed by atoms with Gasteiger partial charge < -0.3 is 29.7 Å². The van der Waals surface area contributed by atoms with Gasteiger partial charge in [0.15, 0.2) is 0 Å². The number of hydrogen-bond donors (Lipinski definition) is 1. The summed E-state index contributed by atoms with van der Waals surface area (Å²) in [7, 11) is 0. The van der Waals surface area contributed by atoms with Gasteiger partial charge in [0, 0.05) is 5.56 Å². The normalized spacial score (nSPS) is 10.7. The molecular formula is C8H14INPb. The van der Waals surface area contributed by atoms with Crippen molar-refractivity contribution in [1.29, 1.82) is 0 Å². The van der Waals surface area contributed by atoms with Gasteiger partial charge in [-0.05, 0) is 6.92 Å². The van der Waals surface area contributed by atoms with E-state index in [0.29, 0.717) is 6.04 Å². The molecule has 1 rings (SSSR count). The Morgan fingerprint density at radius 1 is 1.18 bits per heavy atom. The first-order valence-corrected chi connectivity index (χ1v) is 3.18. The molecule has 0 bridgehead atoms. The molecule has 0 fully saturated rings. The summed E-state index contributed by atoms with van der Waals surface area (Å²) in [6.45, 7) is 2.09. The molecular weight excluding hydrogens is 444 g/mol. The van der Waals surface area contributed by atoms with Gasteiger partial charge in [-0.25, -0.2) is 0 Å². The summed E-state index contributed by atoms with van der Waals surface area (Å²) in [5.74, 6) is 0. The van der Waals surface area contributed by atoms with Crippen LogP contribution in [0.4, 0.5) is 0 Å². The van der Waals surface area contributed by atoms with Crippen molar-refractivity contribution in [2.24, 2.45) is 0 Å². The minimum absolute atomic E-state index is 0. The Bertz CT molecular complexity index is 177. The van der Waals surface area contributed by atoms with Gasteiger partial charge in [0.2, 0.25) is 0 Å². The van der Waals surface area contributed by atoms with Crippen molar-refractivity contribution in [2.75, 3.05) is 0 Å². The van der Waals surface area contributed by atoms with Gasteiger partial charge >= 0.3 is 27.3 Å². The molecule has 0 aliphatic carbocycles. The van der Waals surface area contributed by atoms with Gasteiger partial charge in [-0.15, -0.1) is 0 Å². The third-order valence-corrected chi connectivity index (χ3v) is 1.37. The minimum atomic E-state index is 0. The number of hydrogen-bond acceptors (Lipinski definition) is 0. The molecule has 3 heteroatoms. The van der Waals surface area contributed by atoms with Crippen LogP contribution >= 0.6 is 0 Å². The summed E-state index contributed by atoms with van der Waals surface area (Å²) in [4.78, 5) is 0. The first kappa shape index (κ1) is 14.4. The molecule has 62 valence electrons. The molecule has 1 aromatic carbocycles. The molecule has 0 aliphatic rings. The average Bonchev–Trinajstić information content (AvgIpc) is 1.90. The molecule has 1 atom stereocenters. The molecule has 0 heterocycles. The summed E-state index contributed by atoms with van der Waals surface area (Å²) in [6, 6.07) is 10.7. The molecule has 0 aliphatic heterocycles. The van der Waals surface area contributed by atoms with E-state index in [9.17, 15) is 0 Å². The van der Waals surface area contributed by atoms with Crippen molar-refractivity contribution in [3.8, 4) is 0 Å². The second kappa shape index (κ2) is 7.48. The van der Waals surface area contributed by atoms with Crippen LogP contribution in [0.5, 0.6) is 0 Å². The fraction of sp³-hybridized carbons (Fsp3) is 0.250. The number of rotatable bonds is 1.